The van der Waals surface area contributed by atoms with Gasteiger partial charge in [0.2, 0.25) is 11.8 Å². The molecule has 1 aromatic rings. The Kier molecular flexibility index (Phi) is 7.82. The van der Waals surface area contributed by atoms with E-state index in [1.165, 1.54) is 11.8 Å². The lowest BCUT2D eigenvalue weighted by Crippen LogP contribution is -2.41. The highest BCUT2D eigenvalue weighted by atomic mass is 79.9. The third-order valence-corrected chi connectivity index (χ3v) is 4.58. The Balaban J connectivity index is 2.56. The molecule has 1 rings (SSSR count). The Bertz CT molecular complexity index is 508. The molecule has 1 aromatic carbocycles. The quantitative estimate of drug-likeness (QED) is 0.748. The molecule has 0 unspecified atom stereocenters. The van der Waals surface area contributed by atoms with E-state index in [1.807, 2.05) is 39.0 Å². The number of amides is 2. The van der Waals surface area contributed by atoms with E-state index >= 15 is 0 Å². The van der Waals surface area contributed by atoms with Crippen molar-refractivity contribution in [2.75, 3.05) is 25.4 Å². The van der Waals surface area contributed by atoms with E-state index in [0.29, 0.717) is 18.8 Å². The summed E-state index contributed by atoms with van der Waals surface area (Å²) < 4.78 is 1.03. The number of hydrogen-bond acceptors (Lipinski definition) is 3. The molecule has 116 valence electrons. The molecule has 0 fully saturated rings. The predicted molar refractivity (Wildman–Crippen MR) is 90.5 cm³/mol. The predicted octanol–water partition coefficient (Wildman–Crippen LogP) is 2.83. The second kappa shape index (κ2) is 9.10. The number of nitrogens with zero attached hydrogens (tertiary/aromatic N) is 1. The first-order valence-corrected chi connectivity index (χ1v) is 8.69. The molecule has 0 aromatic heterocycles. The maximum atomic E-state index is 12.2. The summed E-state index contributed by atoms with van der Waals surface area (Å²) in [5, 5.41) is 2.71. The van der Waals surface area contributed by atoms with Gasteiger partial charge < -0.3 is 10.2 Å². The first kappa shape index (κ1) is 18.0. The molecule has 0 saturated carbocycles. The fraction of sp³-hybridized carbons (Fsp3) is 0.467. The number of nitrogens with one attached hydrogen (secondary N) is 1. The van der Waals surface area contributed by atoms with Crippen LogP contribution >= 0.6 is 27.7 Å². The first-order valence-electron chi connectivity index (χ1n) is 6.91. The Hall–Kier alpha value is -1.01. The lowest BCUT2D eigenvalue weighted by atomic mass is 10.2. The molecule has 0 aliphatic heterocycles. The highest BCUT2D eigenvalue weighted by Crippen LogP contribution is 2.25. The number of hydrogen-bond donors (Lipinski definition) is 1. The second-order valence-corrected chi connectivity index (χ2v) is 6.49. The molecule has 0 aliphatic carbocycles. The molecule has 0 radical (unpaired) electrons. The van der Waals surface area contributed by atoms with Crippen LogP contribution in [0.4, 0.5) is 0 Å². The van der Waals surface area contributed by atoms with E-state index in [-0.39, 0.29) is 18.4 Å². The van der Waals surface area contributed by atoms with E-state index in [2.05, 4.69) is 21.2 Å². The molecule has 1 N–H and O–H groups in total. The van der Waals surface area contributed by atoms with Crippen LogP contribution in [0.5, 0.6) is 0 Å². The third-order valence-electron chi connectivity index (χ3n) is 2.93. The summed E-state index contributed by atoms with van der Waals surface area (Å²) in [6.07, 6.45) is 0. The van der Waals surface area contributed by atoms with Gasteiger partial charge in [-0.15, -0.1) is 11.8 Å². The number of carbonyl (C=O) groups excluding carboxylic acids is 2. The fourth-order valence-corrected chi connectivity index (χ4v) is 3.20. The van der Waals surface area contributed by atoms with Gasteiger partial charge in [0.1, 0.15) is 0 Å². The summed E-state index contributed by atoms with van der Waals surface area (Å²) in [5.74, 6) is 0.212. The minimum absolute atomic E-state index is 0.0175. The zero-order valence-corrected chi connectivity index (χ0v) is 15.0. The van der Waals surface area contributed by atoms with Gasteiger partial charge in [-0.05, 0) is 44.5 Å². The van der Waals surface area contributed by atoms with Crippen molar-refractivity contribution >= 4 is 39.5 Å². The highest BCUT2D eigenvalue weighted by Gasteiger charge is 2.15. The summed E-state index contributed by atoms with van der Waals surface area (Å²) in [5.41, 5.74) is 1.13. The average molecular weight is 373 g/mol. The van der Waals surface area contributed by atoms with E-state index in [0.717, 1.165) is 14.9 Å². The van der Waals surface area contributed by atoms with Gasteiger partial charge in [0, 0.05) is 22.5 Å². The molecule has 4 nitrogen and oxygen atoms in total. The van der Waals surface area contributed by atoms with Crippen LogP contribution in [0.25, 0.3) is 0 Å². The summed E-state index contributed by atoms with van der Waals surface area (Å²) >= 11 is 4.93. The van der Waals surface area contributed by atoms with Crippen LogP contribution in [0.15, 0.2) is 27.6 Å². The van der Waals surface area contributed by atoms with Crippen molar-refractivity contribution in [2.24, 2.45) is 0 Å². The first-order chi connectivity index (χ1) is 9.97. The number of carbonyl (C=O) groups is 2. The third kappa shape index (κ3) is 6.09. The van der Waals surface area contributed by atoms with Crippen molar-refractivity contribution in [3.8, 4) is 0 Å². The molecule has 0 heterocycles. The van der Waals surface area contributed by atoms with Crippen molar-refractivity contribution in [3.05, 3.63) is 28.2 Å². The smallest absolute Gasteiger partial charge is 0.239 e. The van der Waals surface area contributed by atoms with Crippen LogP contribution in [-0.4, -0.2) is 42.1 Å². The standard InChI is InChI=1S/C15H21BrN2O2S/c1-4-17-14(19)9-18(5-2)15(20)10-21-13-7-6-12(16)8-11(13)3/h6-8H,4-5,9-10H2,1-3H3,(H,17,19). The van der Waals surface area contributed by atoms with Gasteiger partial charge >= 0.3 is 0 Å². The van der Waals surface area contributed by atoms with Crippen LogP contribution in [0, 0.1) is 6.92 Å². The fourth-order valence-electron chi connectivity index (χ4n) is 1.81. The number of halogens is 1. The maximum Gasteiger partial charge on any atom is 0.239 e. The number of benzene rings is 1. The van der Waals surface area contributed by atoms with Gasteiger partial charge in [0.15, 0.2) is 0 Å². The van der Waals surface area contributed by atoms with Crippen molar-refractivity contribution in [3.63, 3.8) is 0 Å². The summed E-state index contributed by atoms with van der Waals surface area (Å²) in [6, 6.07) is 5.99. The average Bonchev–Trinajstić information content (AvgIpc) is 2.43. The van der Waals surface area contributed by atoms with Crippen LogP contribution < -0.4 is 5.32 Å². The number of aryl methyl sites for hydroxylation is 1. The molecule has 0 bridgehead atoms. The van der Waals surface area contributed by atoms with Gasteiger partial charge in [-0.25, -0.2) is 0 Å². The Morgan fingerprint density at radius 3 is 2.62 bits per heavy atom. The van der Waals surface area contributed by atoms with E-state index < -0.39 is 0 Å². The molecule has 0 aliphatic rings. The van der Waals surface area contributed by atoms with E-state index in [1.54, 1.807) is 4.90 Å². The van der Waals surface area contributed by atoms with E-state index in [9.17, 15) is 9.59 Å². The largest absolute Gasteiger partial charge is 0.355 e. The molecule has 21 heavy (non-hydrogen) atoms. The van der Waals surface area contributed by atoms with Crippen LogP contribution in [0.3, 0.4) is 0 Å². The van der Waals surface area contributed by atoms with Crippen molar-refractivity contribution < 1.29 is 9.59 Å². The van der Waals surface area contributed by atoms with Gasteiger partial charge in [-0.3, -0.25) is 9.59 Å². The Labute approximate surface area is 138 Å². The van der Waals surface area contributed by atoms with Crippen LogP contribution in [0.2, 0.25) is 0 Å². The molecule has 0 saturated heterocycles. The van der Waals surface area contributed by atoms with Gasteiger partial charge in [-0.1, -0.05) is 15.9 Å². The van der Waals surface area contributed by atoms with Crippen molar-refractivity contribution in [1.82, 2.24) is 10.2 Å². The van der Waals surface area contributed by atoms with Crippen LogP contribution in [-0.2, 0) is 9.59 Å². The number of likely N-dealkylation sites (N-methyl/N-ethyl adjacent to an activating group) is 2. The minimum Gasteiger partial charge on any atom is -0.355 e. The number of thioether (sulfide) groups is 1. The van der Waals surface area contributed by atoms with Gasteiger partial charge in [0.05, 0.1) is 12.3 Å². The molecule has 0 spiro atoms. The minimum atomic E-state index is -0.113. The lowest BCUT2D eigenvalue weighted by molar-refractivity contribution is -0.133. The molecule has 6 heteroatoms. The zero-order chi connectivity index (χ0) is 15.8. The molecular weight excluding hydrogens is 352 g/mol. The van der Waals surface area contributed by atoms with Crippen molar-refractivity contribution in [2.45, 2.75) is 25.7 Å². The molecular formula is C15H21BrN2O2S. The summed E-state index contributed by atoms with van der Waals surface area (Å²) in [4.78, 5) is 26.4. The zero-order valence-electron chi connectivity index (χ0n) is 12.6. The summed E-state index contributed by atoms with van der Waals surface area (Å²) in [7, 11) is 0. The molecule has 2 amide bonds. The topological polar surface area (TPSA) is 49.4 Å². The summed E-state index contributed by atoms with van der Waals surface area (Å²) in [6.45, 7) is 7.01. The Morgan fingerprint density at radius 1 is 1.33 bits per heavy atom. The number of rotatable bonds is 7. The lowest BCUT2D eigenvalue weighted by Gasteiger charge is -2.20. The second-order valence-electron chi connectivity index (χ2n) is 4.56. The molecule has 0 atom stereocenters. The Morgan fingerprint density at radius 2 is 2.05 bits per heavy atom. The van der Waals surface area contributed by atoms with Gasteiger partial charge in [-0.2, -0.15) is 0 Å². The van der Waals surface area contributed by atoms with Crippen molar-refractivity contribution in [1.29, 1.82) is 0 Å². The maximum absolute atomic E-state index is 12.2. The van der Waals surface area contributed by atoms with Gasteiger partial charge in [0.25, 0.3) is 0 Å². The SMILES string of the molecule is CCNC(=O)CN(CC)C(=O)CSc1ccc(Br)cc1C. The van der Waals surface area contributed by atoms with E-state index in [4.69, 9.17) is 0 Å². The highest BCUT2D eigenvalue weighted by molar-refractivity contribution is 9.10. The monoisotopic (exact) mass is 372 g/mol. The van der Waals surface area contributed by atoms with Crippen LogP contribution in [0.1, 0.15) is 19.4 Å². The normalized spacial score (nSPS) is 10.3.